The lowest BCUT2D eigenvalue weighted by molar-refractivity contribution is -0.174. The molecule has 0 saturated heterocycles. The summed E-state index contributed by atoms with van der Waals surface area (Å²) in [6, 6.07) is 6.49. The molecule has 2 rings (SSSR count). The molecular weight excluding hydrogens is 233 g/mol. The second-order valence-corrected chi connectivity index (χ2v) is 4.16. The average Bonchev–Trinajstić information content (AvgIpc) is 2.98. The first-order valence-corrected chi connectivity index (χ1v) is 5.09. The van der Waals surface area contributed by atoms with Gasteiger partial charge in [-0.2, -0.15) is 13.2 Å². The highest BCUT2D eigenvalue weighted by molar-refractivity contribution is 5.83. The molecular formula is C11H11F3N2O. The number of benzene rings is 1. The van der Waals surface area contributed by atoms with Gasteiger partial charge in [-0.05, 0) is 30.5 Å². The van der Waals surface area contributed by atoms with Crippen molar-refractivity contribution < 1.29 is 18.0 Å². The van der Waals surface area contributed by atoms with Crippen molar-refractivity contribution in [3.05, 3.63) is 29.8 Å². The van der Waals surface area contributed by atoms with Crippen LogP contribution < -0.4 is 11.1 Å². The van der Waals surface area contributed by atoms with Crippen LogP contribution in [0.3, 0.4) is 0 Å². The number of nitrogens with two attached hydrogens (primary N) is 1. The van der Waals surface area contributed by atoms with E-state index in [2.05, 4.69) is 0 Å². The SMILES string of the molecule is Nc1ccc(C2(NC(=O)C(F)(F)F)CC2)cc1. The van der Waals surface area contributed by atoms with Gasteiger partial charge in [0.25, 0.3) is 0 Å². The quantitative estimate of drug-likeness (QED) is 0.781. The third-order valence-corrected chi connectivity index (χ3v) is 2.82. The van der Waals surface area contributed by atoms with Crippen molar-refractivity contribution >= 4 is 11.6 Å². The summed E-state index contributed by atoms with van der Waals surface area (Å²) in [5, 5.41) is 2.04. The lowest BCUT2D eigenvalue weighted by Crippen LogP contribution is -2.43. The van der Waals surface area contributed by atoms with E-state index >= 15 is 0 Å². The Morgan fingerprint density at radius 2 is 1.76 bits per heavy atom. The maximum Gasteiger partial charge on any atom is 0.471 e. The normalized spacial score (nSPS) is 17.6. The molecule has 92 valence electrons. The fourth-order valence-electron chi connectivity index (χ4n) is 1.70. The van der Waals surface area contributed by atoms with Gasteiger partial charge in [-0.1, -0.05) is 12.1 Å². The minimum absolute atomic E-state index is 0.513. The molecule has 1 aromatic carbocycles. The number of halogens is 3. The van der Waals surface area contributed by atoms with Gasteiger partial charge in [0.2, 0.25) is 0 Å². The molecule has 1 aromatic rings. The Balaban J connectivity index is 2.15. The lowest BCUT2D eigenvalue weighted by atomic mass is 10.0. The summed E-state index contributed by atoms with van der Waals surface area (Å²) in [6.07, 6.45) is -3.82. The van der Waals surface area contributed by atoms with Crippen LogP contribution in [-0.4, -0.2) is 12.1 Å². The minimum atomic E-state index is -4.84. The van der Waals surface area contributed by atoms with Crippen molar-refractivity contribution in [1.29, 1.82) is 0 Å². The van der Waals surface area contributed by atoms with Gasteiger partial charge in [-0.15, -0.1) is 0 Å². The topological polar surface area (TPSA) is 55.1 Å². The van der Waals surface area contributed by atoms with Gasteiger partial charge in [0, 0.05) is 5.69 Å². The standard InChI is InChI=1S/C11H11F3N2O/c12-11(13,14)9(17)16-10(5-6-10)7-1-3-8(15)4-2-7/h1-4H,5-6,15H2,(H,16,17). The van der Waals surface area contributed by atoms with E-state index in [1.165, 1.54) is 0 Å². The van der Waals surface area contributed by atoms with E-state index < -0.39 is 17.6 Å². The molecule has 0 heterocycles. The van der Waals surface area contributed by atoms with Crippen LogP contribution >= 0.6 is 0 Å². The van der Waals surface area contributed by atoms with Crippen LogP contribution in [0.1, 0.15) is 18.4 Å². The summed E-state index contributed by atoms with van der Waals surface area (Å²) in [5.41, 5.74) is 5.82. The third-order valence-electron chi connectivity index (χ3n) is 2.82. The Hall–Kier alpha value is -1.72. The van der Waals surface area contributed by atoms with Crippen LogP contribution in [0.25, 0.3) is 0 Å². The number of nitrogens with one attached hydrogen (secondary N) is 1. The number of nitrogen functional groups attached to an aromatic ring is 1. The lowest BCUT2D eigenvalue weighted by Gasteiger charge is -2.19. The van der Waals surface area contributed by atoms with Crippen molar-refractivity contribution in [2.45, 2.75) is 24.6 Å². The molecule has 0 aromatic heterocycles. The highest BCUT2D eigenvalue weighted by Crippen LogP contribution is 2.46. The molecule has 1 aliphatic carbocycles. The van der Waals surface area contributed by atoms with Gasteiger partial charge < -0.3 is 11.1 Å². The maximum atomic E-state index is 12.2. The molecule has 0 unspecified atom stereocenters. The van der Waals surface area contributed by atoms with Crippen LogP contribution in [0.4, 0.5) is 18.9 Å². The molecule has 0 bridgehead atoms. The first kappa shape index (κ1) is 11.8. The summed E-state index contributed by atoms with van der Waals surface area (Å²) in [4.78, 5) is 10.9. The number of anilines is 1. The van der Waals surface area contributed by atoms with E-state index in [4.69, 9.17) is 5.73 Å². The van der Waals surface area contributed by atoms with Crippen molar-refractivity contribution in [2.75, 3.05) is 5.73 Å². The van der Waals surface area contributed by atoms with E-state index in [9.17, 15) is 18.0 Å². The Morgan fingerprint density at radius 1 is 1.24 bits per heavy atom. The maximum absolute atomic E-state index is 12.2. The van der Waals surface area contributed by atoms with E-state index in [0.29, 0.717) is 24.1 Å². The van der Waals surface area contributed by atoms with E-state index in [0.717, 1.165) is 0 Å². The predicted octanol–water partition coefficient (Wildman–Crippen LogP) is 1.94. The molecule has 0 radical (unpaired) electrons. The van der Waals surface area contributed by atoms with Crippen molar-refractivity contribution in [3.63, 3.8) is 0 Å². The molecule has 0 atom stereocenters. The fraction of sp³-hybridized carbons (Fsp3) is 0.364. The Morgan fingerprint density at radius 3 is 2.18 bits per heavy atom. The van der Waals surface area contributed by atoms with Gasteiger partial charge in [0.1, 0.15) is 0 Å². The van der Waals surface area contributed by atoms with Gasteiger partial charge in [-0.25, -0.2) is 0 Å². The van der Waals surface area contributed by atoms with Gasteiger partial charge >= 0.3 is 12.1 Å². The molecule has 1 aliphatic rings. The summed E-state index contributed by atoms with van der Waals surface area (Å²) in [6.45, 7) is 0. The first-order valence-electron chi connectivity index (χ1n) is 5.09. The molecule has 1 amide bonds. The summed E-state index contributed by atoms with van der Waals surface area (Å²) < 4.78 is 36.5. The molecule has 17 heavy (non-hydrogen) atoms. The minimum Gasteiger partial charge on any atom is -0.399 e. The van der Waals surface area contributed by atoms with Gasteiger partial charge in [0.15, 0.2) is 0 Å². The number of alkyl halides is 3. The average molecular weight is 244 g/mol. The van der Waals surface area contributed by atoms with Crippen LogP contribution in [0, 0.1) is 0 Å². The number of hydrogen-bond acceptors (Lipinski definition) is 2. The van der Waals surface area contributed by atoms with Crippen LogP contribution in [-0.2, 0) is 10.3 Å². The zero-order valence-electron chi connectivity index (χ0n) is 8.84. The number of rotatable bonds is 2. The highest BCUT2D eigenvalue weighted by Gasteiger charge is 2.50. The Bertz CT molecular complexity index is 435. The molecule has 3 N–H and O–H groups in total. The van der Waals surface area contributed by atoms with Gasteiger partial charge in [-0.3, -0.25) is 4.79 Å². The fourth-order valence-corrected chi connectivity index (χ4v) is 1.70. The molecule has 1 fully saturated rings. The molecule has 3 nitrogen and oxygen atoms in total. The largest absolute Gasteiger partial charge is 0.471 e. The predicted molar refractivity (Wildman–Crippen MR) is 56.0 cm³/mol. The Labute approximate surface area is 95.8 Å². The Kier molecular flexibility index (Phi) is 2.52. The molecule has 0 aliphatic heterocycles. The highest BCUT2D eigenvalue weighted by atomic mass is 19.4. The second kappa shape index (κ2) is 3.65. The molecule has 0 spiro atoms. The second-order valence-electron chi connectivity index (χ2n) is 4.16. The van der Waals surface area contributed by atoms with Crippen LogP contribution in [0.15, 0.2) is 24.3 Å². The van der Waals surface area contributed by atoms with Gasteiger partial charge in [0.05, 0.1) is 5.54 Å². The van der Waals surface area contributed by atoms with Crippen LogP contribution in [0.5, 0.6) is 0 Å². The van der Waals surface area contributed by atoms with Crippen molar-refractivity contribution in [1.82, 2.24) is 5.32 Å². The summed E-state index contributed by atoms with van der Waals surface area (Å²) in [5.74, 6) is -1.90. The number of carbonyl (C=O) groups excluding carboxylic acids is 1. The number of amides is 1. The molecule has 1 saturated carbocycles. The summed E-state index contributed by atoms with van der Waals surface area (Å²) >= 11 is 0. The zero-order chi connectivity index (χ0) is 12.7. The van der Waals surface area contributed by atoms with E-state index in [-0.39, 0.29) is 0 Å². The first-order chi connectivity index (χ1) is 7.83. The van der Waals surface area contributed by atoms with E-state index in [1.54, 1.807) is 24.3 Å². The number of carbonyl (C=O) groups is 1. The monoisotopic (exact) mass is 244 g/mol. The molecule has 6 heteroatoms. The van der Waals surface area contributed by atoms with Crippen molar-refractivity contribution in [3.8, 4) is 0 Å². The van der Waals surface area contributed by atoms with E-state index in [1.807, 2.05) is 5.32 Å². The van der Waals surface area contributed by atoms with Crippen LogP contribution in [0.2, 0.25) is 0 Å². The zero-order valence-corrected chi connectivity index (χ0v) is 8.84. The third kappa shape index (κ3) is 2.35. The van der Waals surface area contributed by atoms with Crippen molar-refractivity contribution in [2.24, 2.45) is 0 Å². The summed E-state index contributed by atoms with van der Waals surface area (Å²) in [7, 11) is 0. The smallest absolute Gasteiger partial charge is 0.399 e. The number of hydrogen-bond donors (Lipinski definition) is 2.